The zero-order valence-corrected chi connectivity index (χ0v) is 15.8. The molecule has 0 atom stereocenters. The van der Waals surface area contributed by atoms with Gasteiger partial charge in [-0.3, -0.25) is 4.98 Å². The van der Waals surface area contributed by atoms with Crippen LogP contribution in [0.4, 0.5) is 4.39 Å². The number of fused-ring (bicyclic) bond motifs is 1. The number of thiazole rings is 1. The molecule has 8 heteroatoms. The molecule has 4 aromatic heterocycles. The van der Waals surface area contributed by atoms with Crippen molar-refractivity contribution < 1.29 is 4.39 Å². The van der Waals surface area contributed by atoms with E-state index in [0.717, 1.165) is 32.0 Å². The summed E-state index contributed by atoms with van der Waals surface area (Å²) in [5.74, 6) is -0.327. The number of nitrogens with one attached hydrogen (secondary N) is 1. The Kier molecular flexibility index (Phi) is 4.89. The van der Waals surface area contributed by atoms with Crippen LogP contribution in [0.1, 0.15) is 21.0 Å². The summed E-state index contributed by atoms with van der Waals surface area (Å²) in [7, 11) is 0. The van der Waals surface area contributed by atoms with Crippen molar-refractivity contribution in [1.29, 1.82) is 0 Å². The van der Waals surface area contributed by atoms with Crippen molar-refractivity contribution in [3.8, 4) is 0 Å². The lowest BCUT2D eigenvalue weighted by Gasteiger charge is -1.98. The number of aryl methyl sites for hydroxylation is 2. The van der Waals surface area contributed by atoms with E-state index in [-0.39, 0.29) is 5.82 Å². The number of aromatic nitrogens is 4. The van der Waals surface area contributed by atoms with Gasteiger partial charge in [-0.15, -0.1) is 11.3 Å². The third-order valence-corrected chi connectivity index (χ3v) is 5.76. The Morgan fingerprint density at radius 3 is 2.85 bits per heavy atom. The molecule has 26 heavy (non-hydrogen) atoms. The van der Waals surface area contributed by atoms with E-state index in [2.05, 4.69) is 19.9 Å². The molecule has 1 N–H and O–H groups in total. The van der Waals surface area contributed by atoms with E-state index in [9.17, 15) is 4.39 Å². The number of hydrogen-bond donors (Lipinski definition) is 1. The first-order valence-corrected chi connectivity index (χ1v) is 9.51. The van der Waals surface area contributed by atoms with E-state index in [4.69, 9.17) is 23.2 Å². The van der Waals surface area contributed by atoms with Gasteiger partial charge in [0.2, 0.25) is 0 Å². The molecule has 4 heterocycles. The second kappa shape index (κ2) is 7.31. The van der Waals surface area contributed by atoms with Gasteiger partial charge < -0.3 is 4.98 Å². The lowest BCUT2D eigenvalue weighted by atomic mass is 10.1. The lowest BCUT2D eigenvalue weighted by Crippen LogP contribution is -1.92. The van der Waals surface area contributed by atoms with Gasteiger partial charge in [0.25, 0.3) is 0 Å². The molecule has 0 unspecified atom stereocenters. The van der Waals surface area contributed by atoms with E-state index in [1.54, 1.807) is 23.7 Å². The number of rotatable bonds is 5. The summed E-state index contributed by atoms with van der Waals surface area (Å²) in [5.41, 5.74) is 2.71. The van der Waals surface area contributed by atoms with Gasteiger partial charge in [0, 0.05) is 41.7 Å². The van der Waals surface area contributed by atoms with Crippen molar-refractivity contribution in [2.75, 3.05) is 0 Å². The molecule has 0 aliphatic heterocycles. The third kappa shape index (κ3) is 3.72. The minimum absolute atomic E-state index is 0.327. The molecule has 0 aliphatic carbocycles. The monoisotopic (exact) mass is 406 g/mol. The molecule has 4 rings (SSSR count). The molecule has 0 bridgehead atoms. The topological polar surface area (TPSA) is 54.5 Å². The summed E-state index contributed by atoms with van der Waals surface area (Å²) >= 11 is 13.9. The Hall–Kier alpha value is -2.02. The normalized spacial score (nSPS) is 11.3. The average Bonchev–Trinajstić information content (AvgIpc) is 3.17. The summed E-state index contributed by atoms with van der Waals surface area (Å²) in [4.78, 5) is 16.7. The van der Waals surface area contributed by atoms with Crippen LogP contribution in [0.5, 0.6) is 0 Å². The first kappa shape index (κ1) is 17.4. The molecule has 0 aromatic carbocycles. The molecule has 132 valence electrons. The number of hydrogen-bond acceptors (Lipinski definition) is 4. The van der Waals surface area contributed by atoms with Gasteiger partial charge in [-0.05, 0) is 29.7 Å². The van der Waals surface area contributed by atoms with E-state index in [1.807, 2.05) is 12.3 Å². The largest absolute Gasteiger partial charge is 0.346 e. The Morgan fingerprint density at radius 2 is 2.00 bits per heavy atom. The maximum atomic E-state index is 13.2. The van der Waals surface area contributed by atoms with Crippen molar-refractivity contribution in [3.63, 3.8) is 0 Å². The Bertz CT molecular complexity index is 1080. The number of H-pyrrole nitrogens is 1. The Labute approximate surface area is 163 Å². The maximum absolute atomic E-state index is 13.2. The van der Waals surface area contributed by atoms with Crippen LogP contribution in [-0.2, 0) is 19.3 Å². The molecule has 0 amide bonds. The molecule has 0 aliphatic rings. The van der Waals surface area contributed by atoms with E-state index in [1.165, 1.54) is 12.3 Å². The second-order valence-corrected chi connectivity index (χ2v) is 7.84. The van der Waals surface area contributed by atoms with Crippen LogP contribution in [0.25, 0.3) is 11.0 Å². The number of aromatic amines is 1. The van der Waals surface area contributed by atoms with Gasteiger partial charge in [0.1, 0.15) is 16.6 Å². The summed E-state index contributed by atoms with van der Waals surface area (Å²) in [6.07, 6.45) is 8.41. The van der Waals surface area contributed by atoms with Crippen molar-refractivity contribution >= 4 is 45.6 Å². The number of halogens is 3. The molecule has 0 fully saturated rings. The quantitative estimate of drug-likeness (QED) is 0.493. The SMILES string of the molecule is Fc1cncc(CCc2nc(Cl)c(Cc3c[nH]c4ncc(Cl)cc34)s2)c1. The molecule has 0 spiro atoms. The van der Waals surface area contributed by atoms with Gasteiger partial charge in [0.05, 0.1) is 16.2 Å². The standard InChI is InChI=1S/C18H13Cl2FN4S/c19-12-5-14-11(7-23-18(14)24-8-12)4-15-17(20)25-16(26-15)2-1-10-3-13(21)9-22-6-10/h3,5-9H,1-2,4H2,(H,23,24). The highest BCUT2D eigenvalue weighted by atomic mass is 35.5. The summed E-state index contributed by atoms with van der Waals surface area (Å²) in [5, 5.41) is 3.00. The Morgan fingerprint density at radius 1 is 1.12 bits per heavy atom. The Balaban J connectivity index is 1.52. The predicted molar refractivity (Wildman–Crippen MR) is 103 cm³/mol. The van der Waals surface area contributed by atoms with Crippen LogP contribution in [0.15, 0.2) is 36.9 Å². The summed E-state index contributed by atoms with van der Waals surface area (Å²) in [6, 6.07) is 3.38. The van der Waals surface area contributed by atoms with Crippen LogP contribution in [0.3, 0.4) is 0 Å². The smallest absolute Gasteiger partial charge is 0.143 e. The van der Waals surface area contributed by atoms with Gasteiger partial charge in [-0.25, -0.2) is 14.4 Å². The van der Waals surface area contributed by atoms with Crippen molar-refractivity contribution in [1.82, 2.24) is 19.9 Å². The first-order chi connectivity index (χ1) is 12.6. The van der Waals surface area contributed by atoms with Crippen molar-refractivity contribution in [2.45, 2.75) is 19.3 Å². The fourth-order valence-corrected chi connectivity index (χ4v) is 4.27. The van der Waals surface area contributed by atoms with Crippen LogP contribution >= 0.6 is 34.5 Å². The van der Waals surface area contributed by atoms with E-state index in [0.29, 0.717) is 29.4 Å². The third-order valence-electron chi connectivity index (χ3n) is 4.02. The minimum Gasteiger partial charge on any atom is -0.346 e. The molecule has 0 saturated heterocycles. The van der Waals surface area contributed by atoms with Crippen molar-refractivity contribution in [2.24, 2.45) is 0 Å². The van der Waals surface area contributed by atoms with Gasteiger partial charge in [0.15, 0.2) is 0 Å². The fourth-order valence-electron chi connectivity index (χ4n) is 2.79. The van der Waals surface area contributed by atoms with Gasteiger partial charge in [-0.2, -0.15) is 0 Å². The molecule has 0 radical (unpaired) electrons. The van der Waals surface area contributed by atoms with Gasteiger partial charge in [-0.1, -0.05) is 23.2 Å². The van der Waals surface area contributed by atoms with Crippen LogP contribution in [-0.4, -0.2) is 19.9 Å². The lowest BCUT2D eigenvalue weighted by molar-refractivity contribution is 0.618. The highest BCUT2D eigenvalue weighted by molar-refractivity contribution is 7.12. The highest BCUT2D eigenvalue weighted by Crippen LogP contribution is 2.29. The highest BCUT2D eigenvalue weighted by Gasteiger charge is 2.13. The van der Waals surface area contributed by atoms with E-state index < -0.39 is 0 Å². The van der Waals surface area contributed by atoms with Crippen molar-refractivity contribution in [3.05, 3.63) is 73.9 Å². The van der Waals surface area contributed by atoms with Gasteiger partial charge >= 0.3 is 0 Å². The zero-order valence-electron chi connectivity index (χ0n) is 13.5. The molecule has 4 aromatic rings. The molecule has 4 nitrogen and oxygen atoms in total. The van der Waals surface area contributed by atoms with Crippen LogP contribution in [0.2, 0.25) is 10.2 Å². The fraction of sp³-hybridized carbons (Fsp3) is 0.167. The molecule has 0 saturated carbocycles. The number of nitrogens with zero attached hydrogens (tertiary/aromatic N) is 3. The molecular weight excluding hydrogens is 394 g/mol. The summed E-state index contributed by atoms with van der Waals surface area (Å²) in [6.45, 7) is 0. The summed E-state index contributed by atoms with van der Waals surface area (Å²) < 4.78 is 13.2. The average molecular weight is 407 g/mol. The van der Waals surface area contributed by atoms with Crippen LogP contribution in [0, 0.1) is 5.82 Å². The van der Waals surface area contributed by atoms with E-state index >= 15 is 0 Å². The number of pyridine rings is 2. The minimum atomic E-state index is -0.327. The zero-order chi connectivity index (χ0) is 18.1. The van der Waals surface area contributed by atoms with Crippen LogP contribution < -0.4 is 0 Å². The first-order valence-electron chi connectivity index (χ1n) is 7.93. The molecular formula is C18H13Cl2FN4S. The second-order valence-electron chi connectivity index (χ2n) is 5.87. The maximum Gasteiger partial charge on any atom is 0.143 e. The predicted octanol–water partition coefficient (Wildman–Crippen LogP) is 5.24.